The van der Waals surface area contributed by atoms with Crippen molar-refractivity contribution in [1.82, 2.24) is 0 Å². The van der Waals surface area contributed by atoms with Gasteiger partial charge in [0.15, 0.2) is 5.76 Å². The van der Waals surface area contributed by atoms with E-state index >= 15 is 0 Å². The van der Waals surface area contributed by atoms with E-state index < -0.39 is 26.7 Å². The predicted octanol–water partition coefficient (Wildman–Crippen LogP) is 3.50. The highest BCUT2D eigenvalue weighted by Crippen LogP contribution is 2.39. The Morgan fingerprint density at radius 1 is 0.926 bits per heavy atom. The van der Waals surface area contributed by atoms with Crippen LogP contribution in [0.25, 0.3) is 16.5 Å². The molecule has 0 saturated heterocycles. The van der Waals surface area contributed by atoms with Crippen molar-refractivity contribution >= 4 is 38.2 Å². The summed E-state index contributed by atoms with van der Waals surface area (Å²) in [6.45, 7) is -0.0474. The van der Waals surface area contributed by atoms with Crippen molar-refractivity contribution < 1.29 is 23.4 Å². The molecule has 2 N–H and O–H groups in total. The maximum Gasteiger partial charge on any atom is 0.353 e. The van der Waals surface area contributed by atoms with Crippen LogP contribution in [0.3, 0.4) is 0 Å². The Bertz CT molecular complexity index is 1210. The van der Waals surface area contributed by atoms with E-state index in [2.05, 4.69) is 0 Å². The molecule has 6 nitrogen and oxygen atoms in total. The molecule has 1 heterocycles. The van der Waals surface area contributed by atoms with Crippen LogP contribution in [-0.4, -0.2) is 24.6 Å². The van der Waals surface area contributed by atoms with Gasteiger partial charge in [-0.2, -0.15) is 0 Å². The van der Waals surface area contributed by atoms with Gasteiger partial charge in [-0.3, -0.25) is 4.31 Å². The second kappa shape index (κ2) is 6.14. The van der Waals surface area contributed by atoms with Gasteiger partial charge in [-0.1, -0.05) is 48.5 Å². The third kappa shape index (κ3) is 2.72. The van der Waals surface area contributed by atoms with E-state index in [0.29, 0.717) is 5.56 Å². The minimum Gasteiger partial charge on any atom is -0.506 e. The van der Waals surface area contributed by atoms with Gasteiger partial charge in [-0.05, 0) is 34.5 Å². The number of nitrogens with zero attached hydrogens (tertiary/aromatic N) is 1. The molecule has 0 unspecified atom stereocenters. The van der Waals surface area contributed by atoms with Gasteiger partial charge in [0.1, 0.15) is 0 Å². The van der Waals surface area contributed by atoms with E-state index in [0.717, 1.165) is 15.1 Å². The molecule has 0 radical (unpaired) electrons. The van der Waals surface area contributed by atoms with Gasteiger partial charge in [0.05, 0.1) is 12.2 Å². The molecular formula is C20H15NO5S. The molecular weight excluding hydrogens is 366 g/mol. The summed E-state index contributed by atoms with van der Waals surface area (Å²) in [6, 6.07) is 19.5. The molecule has 0 atom stereocenters. The number of rotatable bonds is 3. The summed E-state index contributed by atoms with van der Waals surface area (Å²) in [5, 5.41) is 21.6. The Morgan fingerprint density at radius 3 is 2.33 bits per heavy atom. The molecule has 0 aliphatic carbocycles. The standard InChI is InChI=1S/C20H15NO5S/c22-18-16-7-3-4-8-17(16)21(27(25,26)19(18)20(23)24)12-13-9-10-14-5-1-2-6-15(14)11-13/h1-11,22H,12H2,(H,23,24). The fourth-order valence-corrected chi connectivity index (χ4v) is 4.79. The monoisotopic (exact) mass is 381 g/mol. The molecule has 0 saturated carbocycles. The van der Waals surface area contributed by atoms with Gasteiger partial charge in [0.2, 0.25) is 4.91 Å². The Balaban J connectivity index is 1.87. The third-order valence-corrected chi connectivity index (χ3v) is 6.32. The van der Waals surface area contributed by atoms with Crippen molar-refractivity contribution in [2.24, 2.45) is 0 Å². The number of fused-ring (bicyclic) bond motifs is 2. The molecule has 7 heteroatoms. The van der Waals surface area contributed by atoms with Gasteiger partial charge in [0, 0.05) is 5.56 Å². The van der Waals surface area contributed by atoms with Gasteiger partial charge in [0.25, 0.3) is 10.0 Å². The number of aliphatic hydroxyl groups excluding tert-OH is 1. The van der Waals surface area contributed by atoms with Crippen LogP contribution < -0.4 is 4.31 Å². The first-order valence-electron chi connectivity index (χ1n) is 8.16. The number of sulfonamides is 1. The number of benzene rings is 3. The molecule has 0 fully saturated rings. The van der Waals surface area contributed by atoms with Crippen LogP contribution in [0, 0.1) is 0 Å². The van der Waals surface area contributed by atoms with Gasteiger partial charge < -0.3 is 10.2 Å². The van der Waals surface area contributed by atoms with Crippen molar-refractivity contribution in [1.29, 1.82) is 0 Å². The maximum absolute atomic E-state index is 12.9. The number of aliphatic carboxylic acids is 1. The van der Waals surface area contributed by atoms with Crippen LogP contribution in [0.15, 0.2) is 71.6 Å². The highest BCUT2D eigenvalue weighted by atomic mass is 32.2. The van der Waals surface area contributed by atoms with E-state index in [1.54, 1.807) is 24.3 Å². The fraction of sp³-hybridized carbons (Fsp3) is 0.0500. The molecule has 1 aliphatic heterocycles. The molecule has 0 spiro atoms. The minimum absolute atomic E-state index is 0.0474. The lowest BCUT2D eigenvalue weighted by Crippen LogP contribution is -2.37. The zero-order valence-corrected chi connectivity index (χ0v) is 14.8. The van der Waals surface area contributed by atoms with E-state index in [9.17, 15) is 23.4 Å². The fourth-order valence-electron chi connectivity index (χ4n) is 3.26. The smallest absolute Gasteiger partial charge is 0.353 e. The lowest BCUT2D eigenvalue weighted by Gasteiger charge is -2.30. The quantitative estimate of drug-likeness (QED) is 0.724. The van der Waals surface area contributed by atoms with E-state index in [-0.39, 0.29) is 17.8 Å². The third-order valence-electron chi connectivity index (χ3n) is 4.53. The molecule has 3 aromatic rings. The predicted molar refractivity (Wildman–Crippen MR) is 103 cm³/mol. The zero-order valence-electron chi connectivity index (χ0n) is 14.0. The number of hydrogen-bond donors (Lipinski definition) is 2. The normalized spacial score (nSPS) is 15.6. The molecule has 0 amide bonds. The van der Waals surface area contributed by atoms with Gasteiger partial charge >= 0.3 is 5.97 Å². The number of hydrogen-bond acceptors (Lipinski definition) is 4. The topological polar surface area (TPSA) is 94.9 Å². The molecule has 27 heavy (non-hydrogen) atoms. The van der Waals surface area contributed by atoms with Crippen molar-refractivity contribution in [2.75, 3.05) is 4.31 Å². The molecule has 0 bridgehead atoms. The van der Waals surface area contributed by atoms with Crippen molar-refractivity contribution in [3.8, 4) is 0 Å². The Hall–Kier alpha value is -3.32. The summed E-state index contributed by atoms with van der Waals surface area (Å²) in [4.78, 5) is 10.5. The van der Waals surface area contributed by atoms with Crippen molar-refractivity contribution in [2.45, 2.75) is 6.54 Å². The second-order valence-corrected chi connectivity index (χ2v) is 7.99. The number of anilines is 1. The highest BCUT2D eigenvalue weighted by molar-refractivity contribution is 7.97. The summed E-state index contributed by atoms with van der Waals surface area (Å²) >= 11 is 0. The Morgan fingerprint density at radius 2 is 1.59 bits per heavy atom. The molecule has 136 valence electrons. The highest BCUT2D eigenvalue weighted by Gasteiger charge is 2.41. The minimum atomic E-state index is -4.41. The Labute approximate surface area is 155 Å². The van der Waals surface area contributed by atoms with Gasteiger partial charge in [-0.15, -0.1) is 0 Å². The van der Waals surface area contributed by atoms with Crippen LogP contribution in [0.2, 0.25) is 0 Å². The van der Waals surface area contributed by atoms with Crippen LogP contribution in [-0.2, 0) is 21.4 Å². The molecule has 1 aliphatic rings. The first-order chi connectivity index (χ1) is 12.9. The van der Waals surface area contributed by atoms with Crippen LogP contribution in [0.5, 0.6) is 0 Å². The van der Waals surface area contributed by atoms with E-state index in [1.165, 1.54) is 6.07 Å². The van der Waals surface area contributed by atoms with Crippen molar-refractivity contribution in [3.63, 3.8) is 0 Å². The number of carbonyl (C=O) groups is 1. The van der Waals surface area contributed by atoms with Crippen LogP contribution in [0.1, 0.15) is 11.1 Å². The number of carboxylic acid groups (broad SMARTS) is 1. The average molecular weight is 381 g/mol. The van der Waals surface area contributed by atoms with Gasteiger partial charge in [-0.25, -0.2) is 13.2 Å². The Kier molecular flexibility index (Phi) is 3.89. The average Bonchev–Trinajstić information content (AvgIpc) is 2.64. The largest absolute Gasteiger partial charge is 0.506 e. The SMILES string of the molecule is O=C(O)C1=C(O)c2ccccc2N(Cc2ccc3ccccc3c2)S1(=O)=O. The van der Waals surface area contributed by atoms with Crippen molar-refractivity contribution in [3.05, 3.63) is 82.8 Å². The summed E-state index contributed by atoms with van der Waals surface area (Å²) in [5.74, 6) is -2.43. The summed E-state index contributed by atoms with van der Waals surface area (Å²) < 4.78 is 26.9. The lowest BCUT2D eigenvalue weighted by molar-refractivity contribution is -0.131. The molecule has 3 aromatic carbocycles. The van der Waals surface area contributed by atoms with Crippen LogP contribution in [0.4, 0.5) is 5.69 Å². The van der Waals surface area contributed by atoms with Crippen LogP contribution >= 0.6 is 0 Å². The van der Waals surface area contributed by atoms with E-state index in [4.69, 9.17) is 0 Å². The van der Waals surface area contributed by atoms with E-state index in [1.807, 2.05) is 36.4 Å². The second-order valence-electron chi connectivity index (χ2n) is 6.19. The summed E-state index contributed by atoms with van der Waals surface area (Å²) in [6.07, 6.45) is 0. The zero-order chi connectivity index (χ0) is 19.2. The number of carboxylic acids is 1. The number of aliphatic hydroxyl groups is 1. The number of para-hydroxylation sites is 1. The molecule has 4 rings (SSSR count). The molecule has 0 aromatic heterocycles. The summed E-state index contributed by atoms with van der Waals surface area (Å²) in [7, 11) is -4.41. The first kappa shape index (κ1) is 17.1. The lowest BCUT2D eigenvalue weighted by atomic mass is 10.1. The maximum atomic E-state index is 12.9. The summed E-state index contributed by atoms with van der Waals surface area (Å²) in [5.41, 5.74) is 1.12. The first-order valence-corrected chi connectivity index (χ1v) is 9.60.